The van der Waals surface area contributed by atoms with Gasteiger partial charge in [-0.3, -0.25) is 0 Å². The molecule has 0 saturated heterocycles. The van der Waals surface area contributed by atoms with E-state index in [0.29, 0.717) is 6.42 Å². The Labute approximate surface area is 65.6 Å². The topological polar surface area (TPSA) is 55.3 Å². The summed E-state index contributed by atoms with van der Waals surface area (Å²) in [6.45, 7) is 1.54. The lowest BCUT2D eigenvalue weighted by atomic mass is 10.3. The largest absolute Gasteiger partial charge is 0.812 e. The molecule has 0 aliphatic rings. The molecular formula is C5H9O3PS-2. The Balaban J connectivity index is 3.39. The van der Waals surface area contributed by atoms with Crippen molar-refractivity contribution in [3.05, 3.63) is 12.2 Å². The van der Waals surface area contributed by atoms with Gasteiger partial charge in [0.15, 0.2) is 0 Å². The minimum atomic E-state index is -3.93. The summed E-state index contributed by atoms with van der Waals surface area (Å²) in [4.78, 5) is 20.4. The molecule has 0 aliphatic carbocycles. The van der Waals surface area contributed by atoms with Crippen molar-refractivity contribution >= 4 is 18.5 Å². The summed E-state index contributed by atoms with van der Waals surface area (Å²) < 4.78 is 4.29. The van der Waals surface area contributed by atoms with Crippen molar-refractivity contribution in [1.29, 1.82) is 0 Å². The zero-order valence-electron chi connectivity index (χ0n) is 5.70. The molecule has 0 rings (SSSR count). The molecule has 10 heavy (non-hydrogen) atoms. The van der Waals surface area contributed by atoms with Gasteiger partial charge in [-0.15, -0.1) is 18.4 Å². The van der Waals surface area contributed by atoms with E-state index in [9.17, 15) is 9.79 Å². The Morgan fingerprint density at radius 1 is 1.70 bits per heavy atom. The molecule has 0 unspecified atom stereocenters. The van der Waals surface area contributed by atoms with Crippen molar-refractivity contribution in [2.24, 2.45) is 0 Å². The summed E-state index contributed by atoms with van der Waals surface area (Å²) >= 11 is 3.98. The molecule has 0 fully saturated rings. The second-order valence-electron chi connectivity index (χ2n) is 1.99. The maximum absolute atomic E-state index is 10.2. The lowest BCUT2D eigenvalue weighted by Crippen LogP contribution is -2.16. The highest BCUT2D eigenvalue weighted by Gasteiger charge is 1.87. The van der Waals surface area contributed by atoms with Crippen LogP contribution in [0.3, 0.4) is 0 Å². The molecule has 5 heteroatoms. The maximum atomic E-state index is 10.2. The molecule has 60 valence electrons. The fraction of sp³-hybridized carbons (Fsp3) is 0.600. The smallest absolute Gasteiger partial charge is 0.0523 e. The lowest BCUT2D eigenvalue weighted by Gasteiger charge is -2.34. The van der Waals surface area contributed by atoms with Gasteiger partial charge in [-0.25, -0.2) is 0 Å². The van der Waals surface area contributed by atoms with Crippen LogP contribution < -0.4 is 9.79 Å². The van der Waals surface area contributed by atoms with Crippen LogP contribution in [-0.2, 0) is 16.3 Å². The Hall–Kier alpha value is 0.270. The van der Waals surface area contributed by atoms with Gasteiger partial charge in [-0.2, -0.15) is 0 Å². The highest BCUT2D eigenvalue weighted by atomic mass is 32.5. The monoisotopic (exact) mass is 180 g/mol. The van der Waals surface area contributed by atoms with E-state index in [2.05, 4.69) is 22.9 Å². The first-order chi connectivity index (χ1) is 4.42. The van der Waals surface area contributed by atoms with Gasteiger partial charge < -0.3 is 14.3 Å². The summed E-state index contributed by atoms with van der Waals surface area (Å²) in [5, 5.41) is 0. The van der Waals surface area contributed by atoms with Crippen LogP contribution in [0.4, 0.5) is 0 Å². The molecule has 0 amide bonds. The first-order valence-electron chi connectivity index (χ1n) is 2.73. The van der Waals surface area contributed by atoms with Crippen LogP contribution in [0.1, 0.15) is 13.3 Å². The molecular weight excluding hydrogens is 171 g/mol. The van der Waals surface area contributed by atoms with Crippen LogP contribution in [-0.4, -0.2) is 6.61 Å². The zero-order valence-corrected chi connectivity index (χ0v) is 7.41. The normalized spacial score (nSPS) is 11.5. The van der Waals surface area contributed by atoms with Crippen LogP contribution >= 0.6 is 6.72 Å². The van der Waals surface area contributed by atoms with Crippen LogP contribution in [0.2, 0.25) is 0 Å². The fourth-order valence-electron chi connectivity index (χ4n) is 0.332. The van der Waals surface area contributed by atoms with Crippen molar-refractivity contribution in [2.45, 2.75) is 13.3 Å². The number of hydrogen-bond acceptors (Lipinski definition) is 4. The first-order valence-corrected chi connectivity index (χ1v) is 5.28. The minimum Gasteiger partial charge on any atom is -0.812 e. The van der Waals surface area contributed by atoms with Crippen molar-refractivity contribution in [3.63, 3.8) is 0 Å². The summed E-state index contributed by atoms with van der Waals surface area (Å²) in [6.07, 6.45) is 0.531. The van der Waals surface area contributed by atoms with Crippen molar-refractivity contribution in [1.82, 2.24) is 0 Å². The quantitative estimate of drug-likeness (QED) is 0.448. The summed E-state index contributed by atoms with van der Waals surface area (Å²) in [7, 11) is 0. The van der Waals surface area contributed by atoms with Crippen LogP contribution in [0.25, 0.3) is 0 Å². The molecule has 0 aliphatic heterocycles. The van der Waals surface area contributed by atoms with Gasteiger partial charge in [0, 0.05) is 0 Å². The lowest BCUT2D eigenvalue weighted by molar-refractivity contribution is -0.321. The van der Waals surface area contributed by atoms with Gasteiger partial charge in [-0.1, -0.05) is 12.3 Å². The van der Waals surface area contributed by atoms with E-state index in [-0.39, 0.29) is 6.61 Å². The second-order valence-corrected chi connectivity index (χ2v) is 4.48. The molecule has 3 nitrogen and oxygen atoms in total. The van der Waals surface area contributed by atoms with E-state index < -0.39 is 6.72 Å². The fourth-order valence-corrected chi connectivity index (χ4v) is 0.870. The van der Waals surface area contributed by atoms with Gasteiger partial charge >= 0.3 is 0 Å². The molecule has 0 atom stereocenters. The van der Waals surface area contributed by atoms with Crippen LogP contribution in [0.5, 0.6) is 0 Å². The Morgan fingerprint density at radius 2 is 2.20 bits per heavy atom. The van der Waals surface area contributed by atoms with E-state index in [1.807, 2.05) is 0 Å². The zero-order chi connectivity index (χ0) is 8.20. The molecule has 0 radical (unpaired) electrons. The molecule has 0 saturated carbocycles. The third kappa shape index (κ3) is 8.27. The van der Waals surface area contributed by atoms with E-state index >= 15 is 0 Å². The summed E-state index contributed by atoms with van der Waals surface area (Å²) in [5.74, 6) is 0. The maximum Gasteiger partial charge on any atom is 0.0523 e. The van der Waals surface area contributed by atoms with E-state index in [4.69, 9.17) is 0 Å². The predicted octanol–water partition coefficient (Wildman–Crippen LogP) is -0.0857. The van der Waals surface area contributed by atoms with Gasteiger partial charge in [0.05, 0.1) is 6.61 Å². The van der Waals surface area contributed by atoms with Crippen molar-refractivity contribution in [3.8, 4) is 0 Å². The highest BCUT2D eigenvalue weighted by molar-refractivity contribution is 8.05. The highest BCUT2D eigenvalue weighted by Crippen LogP contribution is 2.25. The molecule has 0 heterocycles. The number of rotatable bonds is 4. The molecule has 0 bridgehead atoms. The molecule has 0 spiro atoms. The number of hydrogen-bond donors (Lipinski definition) is 0. The second kappa shape index (κ2) is 4.21. The van der Waals surface area contributed by atoms with Gasteiger partial charge in [-0.05, 0) is 13.3 Å². The standard InChI is InChI=1S/C5H11O3PS/c1-5(2)3-4-8-9(6,7)10/h1,3-4H2,2H3,(H2,6,7,10)/p-2. The summed E-state index contributed by atoms with van der Waals surface area (Å²) in [5.41, 5.74) is 0.878. The first kappa shape index (κ1) is 10.3. The third-order valence-corrected chi connectivity index (χ3v) is 1.59. The third-order valence-electron chi connectivity index (χ3n) is 0.778. The van der Waals surface area contributed by atoms with E-state index in [1.165, 1.54) is 0 Å². The van der Waals surface area contributed by atoms with Crippen LogP contribution in [0, 0.1) is 0 Å². The van der Waals surface area contributed by atoms with E-state index in [1.54, 1.807) is 6.92 Å². The van der Waals surface area contributed by atoms with Crippen LogP contribution in [0.15, 0.2) is 12.2 Å². The van der Waals surface area contributed by atoms with Gasteiger partial charge in [0.1, 0.15) is 0 Å². The molecule has 0 N–H and O–H groups in total. The average Bonchev–Trinajstić information content (AvgIpc) is 1.59. The molecule has 0 aromatic carbocycles. The molecule has 0 aromatic rings. The Morgan fingerprint density at radius 3 is 2.50 bits per heavy atom. The predicted molar refractivity (Wildman–Crippen MR) is 39.7 cm³/mol. The van der Waals surface area contributed by atoms with E-state index in [0.717, 1.165) is 5.57 Å². The Kier molecular flexibility index (Phi) is 4.32. The van der Waals surface area contributed by atoms with Crippen molar-refractivity contribution < 1.29 is 14.3 Å². The van der Waals surface area contributed by atoms with Crippen molar-refractivity contribution in [2.75, 3.05) is 6.61 Å². The molecule has 0 aromatic heterocycles. The average molecular weight is 180 g/mol. The Bertz CT molecular complexity index is 162. The minimum absolute atomic E-state index is 0.111. The van der Waals surface area contributed by atoms with Gasteiger partial charge in [0.2, 0.25) is 0 Å². The SMILES string of the molecule is C=C(C)CCOP([O-])([O-])=S. The summed E-state index contributed by atoms with van der Waals surface area (Å²) in [6, 6.07) is 0. The van der Waals surface area contributed by atoms with Gasteiger partial charge in [0.25, 0.3) is 0 Å².